The maximum absolute atomic E-state index is 13.2. The lowest BCUT2D eigenvalue weighted by Gasteiger charge is -2.25. The van der Waals surface area contributed by atoms with E-state index in [9.17, 15) is 14.7 Å². The van der Waals surface area contributed by atoms with Crippen molar-refractivity contribution in [2.45, 2.75) is 39.5 Å². The highest BCUT2D eigenvalue weighted by molar-refractivity contribution is 6.46. The molecule has 1 saturated heterocycles. The topological polar surface area (TPSA) is 89.0 Å². The van der Waals surface area contributed by atoms with E-state index in [0.29, 0.717) is 29.2 Å². The number of carbonyl (C=O) groups is 2. The summed E-state index contributed by atoms with van der Waals surface area (Å²) in [5, 5.41) is 11.2. The lowest BCUT2D eigenvalue weighted by Crippen LogP contribution is -2.29. The lowest BCUT2D eigenvalue weighted by molar-refractivity contribution is -0.140. The zero-order valence-corrected chi connectivity index (χ0v) is 20.0. The minimum Gasteiger partial charge on any atom is -0.507 e. The van der Waals surface area contributed by atoms with Gasteiger partial charge in [-0.05, 0) is 74.4 Å². The number of pyridine rings is 1. The molecule has 35 heavy (non-hydrogen) atoms. The fraction of sp³-hybridized carbons (Fsp3) is 0.250. The minimum absolute atomic E-state index is 0.00640. The van der Waals surface area contributed by atoms with E-state index in [0.717, 1.165) is 5.56 Å². The van der Waals surface area contributed by atoms with Crippen molar-refractivity contribution in [2.75, 3.05) is 6.61 Å². The summed E-state index contributed by atoms with van der Waals surface area (Å²) in [6.45, 7) is 6.45. The Hall–Kier alpha value is -4.13. The quantitative estimate of drug-likeness (QED) is 0.285. The minimum atomic E-state index is -0.766. The second-order valence-corrected chi connectivity index (χ2v) is 8.48. The molecular formula is C28H28N2O5. The Labute approximate surface area is 204 Å². The van der Waals surface area contributed by atoms with Crippen LogP contribution in [0.3, 0.4) is 0 Å². The van der Waals surface area contributed by atoms with Crippen molar-refractivity contribution in [2.24, 2.45) is 0 Å². The van der Waals surface area contributed by atoms with Crippen LogP contribution in [-0.4, -0.2) is 39.4 Å². The summed E-state index contributed by atoms with van der Waals surface area (Å²) in [7, 11) is 0. The summed E-state index contributed by atoms with van der Waals surface area (Å²) in [6, 6.07) is 16.9. The van der Waals surface area contributed by atoms with Gasteiger partial charge in [0.05, 0.1) is 24.3 Å². The van der Waals surface area contributed by atoms with Crippen molar-refractivity contribution >= 4 is 17.4 Å². The van der Waals surface area contributed by atoms with Gasteiger partial charge in [0.2, 0.25) is 0 Å². The van der Waals surface area contributed by atoms with Crippen molar-refractivity contribution in [3.63, 3.8) is 0 Å². The Balaban J connectivity index is 1.78. The first-order chi connectivity index (χ1) is 16.9. The van der Waals surface area contributed by atoms with Gasteiger partial charge in [0.15, 0.2) is 0 Å². The summed E-state index contributed by atoms with van der Waals surface area (Å²) in [5.74, 6) is -0.299. The zero-order chi connectivity index (χ0) is 24.9. The molecule has 1 aromatic heterocycles. The first-order valence-electron chi connectivity index (χ1n) is 11.6. The van der Waals surface area contributed by atoms with Gasteiger partial charge in [-0.2, -0.15) is 0 Å². The number of amides is 1. The molecule has 7 heteroatoms. The monoisotopic (exact) mass is 472 g/mol. The Morgan fingerprint density at radius 1 is 1.03 bits per heavy atom. The van der Waals surface area contributed by atoms with E-state index in [4.69, 9.17) is 9.47 Å². The van der Waals surface area contributed by atoms with E-state index in [2.05, 4.69) is 4.98 Å². The molecule has 180 valence electrons. The molecule has 0 bridgehead atoms. The highest BCUT2D eigenvalue weighted by Crippen LogP contribution is 2.40. The summed E-state index contributed by atoms with van der Waals surface area (Å²) >= 11 is 0. The molecule has 1 fully saturated rings. The van der Waals surface area contributed by atoms with Crippen LogP contribution in [0, 0.1) is 0 Å². The van der Waals surface area contributed by atoms with E-state index in [1.807, 2.05) is 39.0 Å². The third-order valence-electron chi connectivity index (χ3n) is 5.62. The second kappa shape index (κ2) is 10.4. The SMILES string of the molecule is CCOc1ccc(C2/C(=C(\O)c3ccc(OC(C)C)cc3)C(=O)C(=O)N2Cc2cccnc2)cc1. The van der Waals surface area contributed by atoms with Gasteiger partial charge in [0, 0.05) is 24.5 Å². The largest absolute Gasteiger partial charge is 0.507 e. The smallest absolute Gasteiger partial charge is 0.295 e. The van der Waals surface area contributed by atoms with Crippen LogP contribution in [0.2, 0.25) is 0 Å². The number of rotatable bonds is 8. The predicted octanol–water partition coefficient (Wildman–Crippen LogP) is 4.89. The predicted molar refractivity (Wildman–Crippen MR) is 132 cm³/mol. The number of aliphatic hydroxyl groups excluding tert-OH is 1. The Morgan fingerprint density at radius 2 is 1.71 bits per heavy atom. The number of ketones is 1. The van der Waals surface area contributed by atoms with Gasteiger partial charge in [-0.15, -0.1) is 0 Å². The normalized spacial score (nSPS) is 17.1. The molecule has 1 unspecified atom stereocenters. The van der Waals surface area contributed by atoms with Gasteiger partial charge in [-0.3, -0.25) is 14.6 Å². The van der Waals surface area contributed by atoms with Gasteiger partial charge in [-0.25, -0.2) is 0 Å². The summed E-state index contributed by atoms with van der Waals surface area (Å²) in [6.07, 6.45) is 3.31. The average Bonchev–Trinajstić information content (AvgIpc) is 3.10. The fourth-order valence-electron chi connectivity index (χ4n) is 4.11. The van der Waals surface area contributed by atoms with Crippen LogP contribution in [0.1, 0.15) is 43.5 Å². The summed E-state index contributed by atoms with van der Waals surface area (Å²) in [4.78, 5) is 31.9. The number of Topliss-reactive ketones (excluding diaryl/α,β-unsaturated/α-hetero) is 1. The first kappa shape index (κ1) is 24.0. The molecule has 2 heterocycles. The molecule has 3 aromatic rings. The number of hydrogen-bond donors (Lipinski definition) is 1. The zero-order valence-electron chi connectivity index (χ0n) is 20.0. The van der Waals surface area contributed by atoms with Crippen molar-refractivity contribution < 1.29 is 24.2 Å². The highest BCUT2D eigenvalue weighted by Gasteiger charge is 2.46. The van der Waals surface area contributed by atoms with Crippen molar-refractivity contribution in [3.8, 4) is 11.5 Å². The van der Waals surface area contributed by atoms with Crippen molar-refractivity contribution in [3.05, 3.63) is 95.3 Å². The van der Waals surface area contributed by atoms with Crippen LogP contribution in [0.15, 0.2) is 78.6 Å². The Morgan fingerprint density at radius 3 is 2.31 bits per heavy atom. The molecule has 0 aliphatic carbocycles. The second-order valence-electron chi connectivity index (χ2n) is 8.48. The van der Waals surface area contributed by atoms with E-state index in [1.54, 1.807) is 54.9 Å². The van der Waals surface area contributed by atoms with Crippen LogP contribution >= 0.6 is 0 Å². The van der Waals surface area contributed by atoms with E-state index in [1.165, 1.54) is 4.90 Å². The molecule has 4 rings (SSSR count). The maximum atomic E-state index is 13.2. The van der Waals surface area contributed by atoms with Gasteiger partial charge in [-0.1, -0.05) is 18.2 Å². The molecule has 0 radical (unpaired) electrons. The van der Waals surface area contributed by atoms with Crippen LogP contribution in [0.5, 0.6) is 11.5 Å². The molecule has 2 aromatic carbocycles. The van der Waals surface area contributed by atoms with Crippen LogP contribution in [0.4, 0.5) is 0 Å². The van der Waals surface area contributed by atoms with Crippen molar-refractivity contribution in [1.82, 2.24) is 9.88 Å². The number of hydrogen-bond acceptors (Lipinski definition) is 6. The highest BCUT2D eigenvalue weighted by atomic mass is 16.5. The van der Waals surface area contributed by atoms with Gasteiger partial charge >= 0.3 is 0 Å². The average molecular weight is 473 g/mol. The van der Waals surface area contributed by atoms with Crippen LogP contribution < -0.4 is 9.47 Å². The molecule has 0 saturated carbocycles. The Bertz CT molecular complexity index is 1220. The number of aromatic nitrogens is 1. The molecular weight excluding hydrogens is 444 g/mol. The van der Waals surface area contributed by atoms with E-state index < -0.39 is 17.7 Å². The molecule has 1 N–H and O–H groups in total. The number of benzene rings is 2. The molecule has 1 aliphatic heterocycles. The molecule has 1 amide bonds. The number of likely N-dealkylation sites (tertiary alicyclic amines) is 1. The third-order valence-corrected chi connectivity index (χ3v) is 5.62. The maximum Gasteiger partial charge on any atom is 0.295 e. The van der Waals surface area contributed by atoms with Crippen LogP contribution in [0.25, 0.3) is 5.76 Å². The van der Waals surface area contributed by atoms with E-state index in [-0.39, 0.29) is 24.0 Å². The summed E-state index contributed by atoms with van der Waals surface area (Å²) in [5.41, 5.74) is 1.94. The van der Waals surface area contributed by atoms with Gasteiger partial charge in [0.1, 0.15) is 17.3 Å². The first-order valence-corrected chi connectivity index (χ1v) is 11.6. The van der Waals surface area contributed by atoms with Gasteiger partial charge in [0.25, 0.3) is 11.7 Å². The van der Waals surface area contributed by atoms with Gasteiger partial charge < -0.3 is 19.5 Å². The standard InChI is InChI=1S/C28H28N2O5/c1-4-34-22-11-7-20(8-12-22)25-24(26(31)21-9-13-23(14-10-21)35-18(2)3)27(32)28(33)30(25)17-19-6-5-15-29-16-19/h5-16,18,25,31H,4,17H2,1-3H3/b26-24+. The van der Waals surface area contributed by atoms with E-state index >= 15 is 0 Å². The number of carbonyl (C=O) groups excluding carboxylic acids is 2. The molecule has 0 spiro atoms. The Kier molecular flexibility index (Phi) is 7.15. The molecule has 7 nitrogen and oxygen atoms in total. The fourth-order valence-corrected chi connectivity index (χ4v) is 4.11. The number of ether oxygens (including phenoxy) is 2. The third kappa shape index (κ3) is 5.19. The lowest BCUT2D eigenvalue weighted by atomic mass is 9.95. The summed E-state index contributed by atoms with van der Waals surface area (Å²) < 4.78 is 11.2. The molecule has 1 aliphatic rings. The number of nitrogens with zero attached hydrogens (tertiary/aromatic N) is 2. The number of aliphatic hydroxyl groups is 1. The van der Waals surface area contributed by atoms with Crippen molar-refractivity contribution in [1.29, 1.82) is 0 Å². The molecule has 1 atom stereocenters. The van der Waals surface area contributed by atoms with Crippen LogP contribution in [-0.2, 0) is 16.1 Å².